The van der Waals surface area contributed by atoms with Gasteiger partial charge in [-0.25, -0.2) is 0 Å². The minimum absolute atomic E-state index is 1.07. The first-order valence-electron chi connectivity index (χ1n) is 4.74. The van der Waals surface area contributed by atoms with Gasteiger partial charge in [0.1, 0.15) is 0 Å². The van der Waals surface area contributed by atoms with Crippen LogP contribution in [0.15, 0.2) is 42.1 Å². The van der Waals surface area contributed by atoms with Crippen LogP contribution in [0.2, 0.25) is 0 Å². The first-order chi connectivity index (χ1) is 6.31. The molecule has 0 aliphatic carbocycles. The zero-order chi connectivity index (χ0) is 11.1. The van der Waals surface area contributed by atoms with E-state index in [1.54, 1.807) is 12.3 Å². The van der Waals surface area contributed by atoms with E-state index in [-0.39, 0.29) is 0 Å². The highest BCUT2D eigenvalue weighted by Crippen LogP contribution is 1.86. The third-order valence-corrected chi connectivity index (χ3v) is 0.764. The minimum atomic E-state index is 1.07. The monoisotopic (exact) mass is 181 g/mol. The summed E-state index contributed by atoms with van der Waals surface area (Å²) in [5.41, 5.74) is 1.07. The van der Waals surface area contributed by atoms with Crippen molar-refractivity contribution in [1.29, 1.82) is 0 Å². The van der Waals surface area contributed by atoms with Crippen molar-refractivity contribution in [3.8, 4) is 0 Å². The summed E-state index contributed by atoms with van der Waals surface area (Å²) in [5, 5.41) is 0. The van der Waals surface area contributed by atoms with Gasteiger partial charge in [-0.2, -0.15) is 0 Å². The summed E-state index contributed by atoms with van der Waals surface area (Å²) in [6.45, 7) is 16.9. The molecule has 0 amide bonds. The Morgan fingerprint density at radius 3 is 1.85 bits per heavy atom. The zero-order valence-corrected chi connectivity index (χ0v) is 9.67. The number of hydrogen-bond donors (Lipinski definition) is 0. The molecule has 0 unspecified atom stereocenters. The second-order valence-electron chi connectivity index (χ2n) is 1.61. The van der Waals surface area contributed by atoms with E-state index in [2.05, 4.69) is 18.2 Å². The van der Waals surface area contributed by atoms with Crippen LogP contribution < -0.4 is 0 Å². The predicted octanol–water partition coefficient (Wildman–Crippen LogP) is 4.39. The molecule has 0 rings (SSSR count). The molecule has 0 N–H and O–H groups in total. The van der Waals surface area contributed by atoms with Crippen molar-refractivity contribution in [2.24, 2.45) is 4.99 Å². The average molecular weight is 181 g/mol. The van der Waals surface area contributed by atoms with Crippen molar-refractivity contribution >= 4 is 6.21 Å². The fourth-order valence-corrected chi connectivity index (χ4v) is 0.399. The van der Waals surface area contributed by atoms with Crippen molar-refractivity contribution < 1.29 is 0 Å². The molecule has 0 saturated heterocycles. The van der Waals surface area contributed by atoms with Gasteiger partial charge >= 0.3 is 0 Å². The molecule has 0 atom stereocenters. The average Bonchev–Trinajstić information content (AvgIpc) is 2.21. The lowest BCUT2D eigenvalue weighted by Gasteiger charge is -1.82. The number of allylic oxidation sites excluding steroid dienone is 3. The molecular formula is C12H23N. The summed E-state index contributed by atoms with van der Waals surface area (Å²) in [6.07, 6.45) is 6.84. The lowest BCUT2D eigenvalue weighted by atomic mass is 10.3. The summed E-state index contributed by atoms with van der Waals surface area (Å²) >= 11 is 0. The van der Waals surface area contributed by atoms with Crippen molar-refractivity contribution in [3.05, 3.63) is 37.1 Å². The van der Waals surface area contributed by atoms with Crippen molar-refractivity contribution in [2.75, 3.05) is 0 Å². The van der Waals surface area contributed by atoms with Gasteiger partial charge in [-0.3, -0.25) is 4.99 Å². The van der Waals surface area contributed by atoms with Crippen LogP contribution in [0.25, 0.3) is 0 Å². The zero-order valence-electron chi connectivity index (χ0n) is 9.67. The smallest absolute Gasteiger partial charge is 0.0296 e. The maximum atomic E-state index is 3.81. The highest BCUT2D eigenvalue weighted by molar-refractivity contribution is 5.78. The van der Waals surface area contributed by atoms with Gasteiger partial charge in [0.05, 0.1) is 0 Å². The Morgan fingerprint density at radius 2 is 1.54 bits per heavy atom. The summed E-state index contributed by atoms with van der Waals surface area (Å²) in [7, 11) is 0. The SMILES string of the molecule is C=C/C=C(/C)C=NC=C.CC.CC. The van der Waals surface area contributed by atoms with Crippen molar-refractivity contribution in [1.82, 2.24) is 0 Å². The van der Waals surface area contributed by atoms with E-state index in [1.807, 2.05) is 40.7 Å². The van der Waals surface area contributed by atoms with E-state index in [1.165, 1.54) is 6.20 Å². The molecule has 0 radical (unpaired) electrons. The van der Waals surface area contributed by atoms with Gasteiger partial charge in [0, 0.05) is 12.4 Å². The highest BCUT2D eigenvalue weighted by Gasteiger charge is 1.74. The highest BCUT2D eigenvalue weighted by atomic mass is 14.6. The first-order valence-corrected chi connectivity index (χ1v) is 4.74. The Hall–Kier alpha value is -1.11. The third kappa shape index (κ3) is 24.8. The van der Waals surface area contributed by atoms with Crippen molar-refractivity contribution in [2.45, 2.75) is 34.6 Å². The van der Waals surface area contributed by atoms with E-state index in [4.69, 9.17) is 0 Å². The molecule has 0 bridgehead atoms. The van der Waals surface area contributed by atoms with Crippen LogP contribution in [0, 0.1) is 0 Å². The molecule has 0 heterocycles. The summed E-state index contributed by atoms with van der Waals surface area (Å²) in [4.78, 5) is 3.81. The van der Waals surface area contributed by atoms with Crippen LogP contribution in [0.3, 0.4) is 0 Å². The molecule has 0 aromatic heterocycles. The van der Waals surface area contributed by atoms with Crippen molar-refractivity contribution in [3.63, 3.8) is 0 Å². The Morgan fingerprint density at radius 1 is 1.08 bits per heavy atom. The van der Waals surface area contributed by atoms with Gasteiger partial charge in [-0.1, -0.05) is 53.0 Å². The Kier molecular flexibility index (Phi) is 30.8. The van der Waals surface area contributed by atoms with E-state index in [0.717, 1.165) is 5.57 Å². The van der Waals surface area contributed by atoms with E-state index in [0.29, 0.717) is 0 Å². The second-order valence-corrected chi connectivity index (χ2v) is 1.61. The molecule has 1 nitrogen and oxygen atoms in total. The molecule has 13 heavy (non-hydrogen) atoms. The van der Waals surface area contributed by atoms with Gasteiger partial charge < -0.3 is 0 Å². The maximum absolute atomic E-state index is 3.81. The molecule has 0 aliphatic heterocycles. The maximum Gasteiger partial charge on any atom is 0.0296 e. The van der Waals surface area contributed by atoms with Gasteiger partial charge in [0.15, 0.2) is 0 Å². The Labute approximate surface area is 83.6 Å². The topological polar surface area (TPSA) is 12.4 Å². The number of hydrogen-bond acceptors (Lipinski definition) is 1. The predicted molar refractivity (Wildman–Crippen MR) is 65.3 cm³/mol. The quantitative estimate of drug-likeness (QED) is 0.452. The van der Waals surface area contributed by atoms with Crippen LogP contribution in [0.5, 0.6) is 0 Å². The van der Waals surface area contributed by atoms with Crippen LogP contribution in [0.1, 0.15) is 34.6 Å². The van der Waals surface area contributed by atoms with Gasteiger partial charge in [0.25, 0.3) is 0 Å². The van der Waals surface area contributed by atoms with Gasteiger partial charge in [-0.15, -0.1) is 0 Å². The molecule has 76 valence electrons. The van der Waals surface area contributed by atoms with Crippen LogP contribution in [-0.4, -0.2) is 6.21 Å². The summed E-state index contributed by atoms with van der Waals surface area (Å²) in [6, 6.07) is 0. The summed E-state index contributed by atoms with van der Waals surface area (Å²) < 4.78 is 0. The largest absolute Gasteiger partial charge is 0.265 e. The standard InChI is InChI=1S/C8H11N.2C2H6/c1-4-6-8(3)7-9-5-2;2*1-2/h4-7H,1-2H2,3H3;2*1-2H3/b8-6-,9-7?;;. The van der Waals surface area contributed by atoms with Crippen LogP contribution in [0.4, 0.5) is 0 Å². The molecular weight excluding hydrogens is 158 g/mol. The minimum Gasteiger partial charge on any atom is -0.265 e. The number of nitrogens with zero attached hydrogens (tertiary/aromatic N) is 1. The molecule has 0 aliphatic rings. The second kappa shape index (κ2) is 22.4. The first kappa shape index (κ1) is 17.8. The molecule has 0 fully saturated rings. The Bertz CT molecular complexity index is 153. The van der Waals surface area contributed by atoms with Crippen LogP contribution >= 0.6 is 0 Å². The number of aliphatic imine (C=N–C) groups is 1. The van der Waals surface area contributed by atoms with E-state index < -0.39 is 0 Å². The fourth-order valence-electron chi connectivity index (χ4n) is 0.399. The lowest BCUT2D eigenvalue weighted by molar-refractivity contribution is 1.50. The third-order valence-electron chi connectivity index (χ3n) is 0.764. The summed E-state index contributed by atoms with van der Waals surface area (Å²) in [5.74, 6) is 0. The Balaban J connectivity index is -0.000000218. The number of rotatable bonds is 3. The normalized spacial score (nSPS) is 9.15. The van der Waals surface area contributed by atoms with Gasteiger partial charge in [-0.05, 0) is 12.5 Å². The van der Waals surface area contributed by atoms with E-state index in [9.17, 15) is 0 Å². The lowest BCUT2D eigenvalue weighted by Crippen LogP contribution is -1.72. The molecule has 0 spiro atoms. The van der Waals surface area contributed by atoms with Gasteiger partial charge in [0.2, 0.25) is 0 Å². The fraction of sp³-hybridized carbons (Fsp3) is 0.417. The molecule has 0 aromatic rings. The van der Waals surface area contributed by atoms with Crippen LogP contribution in [-0.2, 0) is 0 Å². The molecule has 0 saturated carbocycles. The molecule has 0 aromatic carbocycles. The molecule has 1 heteroatoms. The van der Waals surface area contributed by atoms with E-state index >= 15 is 0 Å².